The average molecular weight is 363 g/mol. The summed E-state index contributed by atoms with van der Waals surface area (Å²) >= 11 is 7.80. The van der Waals surface area contributed by atoms with E-state index in [0.717, 1.165) is 20.9 Å². The molecule has 0 fully saturated rings. The van der Waals surface area contributed by atoms with Gasteiger partial charge in [0.2, 0.25) is 5.91 Å². The van der Waals surface area contributed by atoms with Crippen molar-refractivity contribution in [2.24, 2.45) is 0 Å². The molecule has 7 heteroatoms. The number of rotatable bonds is 5. The van der Waals surface area contributed by atoms with Crippen molar-refractivity contribution in [1.82, 2.24) is 4.98 Å². The van der Waals surface area contributed by atoms with E-state index in [2.05, 4.69) is 10.3 Å². The summed E-state index contributed by atoms with van der Waals surface area (Å²) in [5, 5.41) is 4.05. The Morgan fingerprint density at radius 1 is 1.25 bits per heavy atom. The van der Waals surface area contributed by atoms with E-state index < -0.39 is 0 Å². The summed E-state index contributed by atoms with van der Waals surface area (Å²) in [5.74, 6) is 1.20. The molecule has 1 amide bonds. The van der Waals surface area contributed by atoms with E-state index in [4.69, 9.17) is 21.1 Å². The van der Waals surface area contributed by atoms with Crippen LogP contribution in [0.3, 0.4) is 0 Å². The highest BCUT2D eigenvalue weighted by Gasteiger charge is 2.12. The molecule has 2 aromatic carbocycles. The van der Waals surface area contributed by atoms with Gasteiger partial charge >= 0.3 is 0 Å². The molecule has 0 saturated carbocycles. The highest BCUT2D eigenvalue weighted by molar-refractivity contribution is 7.18. The highest BCUT2D eigenvalue weighted by atomic mass is 35.5. The molecule has 3 aromatic rings. The fourth-order valence-electron chi connectivity index (χ4n) is 2.19. The molecule has 0 atom stereocenters. The number of hydrogen-bond acceptors (Lipinski definition) is 5. The van der Waals surface area contributed by atoms with E-state index in [9.17, 15) is 4.79 Å². The van der Waals surface area contributed by atoms with Crippen LogP contribution in [0.1, 0.15) is 11.9 Å². The molecule has 24 heavy (non-hydrogen) atoms. The molecule has 0 aliphatic carbocycles. The maximum atomic E-state index is 11.0. The van der Waals surface area contributed by atoms with Gasteiger partial charge in [-0.1, -0.05) is 11.6 Å². The van der Waals surface area contributed by atoms with Crippen LogP contribution in [0, 0.1) is 0 Å². The molecule has 0 unspecified atom stereocenters. The molecule has 0 spiro atoms. The first kappa shape index (κ1) is 16.5. The minimum Gasteiger partial charge on any atom is -0.495 e. The van der Waals surface area contributed by atoms with Crippen LogP contribution in [0.4, 0.5) is 5.69 Å². The lowest BCUT2D eigenvalue weighted by Crippen LogP contribution is -2.05. The van der Waals surface area contributed by atoms with Crippen LogP contribution in [0.2, 0.25) is 5.02 Å². The van der Waals surface area contributed by atoms with Crippen molar-refractivity contribution in [2.75, 3.05) is 12.4 Å². The van der Waals surface area contributed by atoms with Gasteiger partial charge in [-0.05, 0) is 36.4 Å². The van der Waals surface area contributed by atoms with E-state index in [1.165, 1.54) is 18.3 Å². The number of carbonyl (C=O) groups is 1. The van der Waals surface area contributed by atoms with Gasteiger partial charge < -0.3 is 14.8 Å². The quantitative estimate of drug-likeness (QED) is 0.726. The summed E-state index contributed by atoms with van der Waals surface area (Å²) in [6, 6.07) is 10.9. The lowest BCUT2D eigenvalue weighted by Gasteiger charge is -2.06. The van der Waals surface area contributed by atoms with Gasteiger partial charge in [0.1, 0.15) is 33.7 Å². The SMILES string of the molecule is COc1ccc2sc(COc3ccc(NC(C)=O)cc3)nc2c1Cl. The molecule has 0 saturated heterocycles. The number of benzene rings is 2. The van der Waals surface area contributed by atoms with E-state index in [0.29, 0.717) is 23.1 Å². The zero-order chi connectivity index (χ0) is 17.1. The number of ether oxygens (including phenoxy) is 2. The van der Waals surface area contributed by atoms with Gasteiger partial charge in [-0.3, -0.25) is 4.79 Å². The third-order valence-corrected chi connectivity index (χ3v) is 4.62. The Hall–Kier alpha value is -2.31. The number of halogens is 1. The second-order valence-corrected chi connectivity index (χ2v) is 6.52. The third-order valence-electron chi connectivity index (χ3n) is 3.26. The van der Waals surface area contributed by atoms with Gasteiger partial charge in [-0.25, -0.2) is 4.98 Å². The number of nitrogens with one attached hydrogen (secondary N) is 1. The molecule has 124 valence electrons. The van der Waals surface area contributed by atoms with Gasteiger partial charge in [-0.2, -0.15) is 0 Å². The third kappa shape index (κ3) is 3.60. The topological polar surface area (TPSA) is 60.5 Å². The molecule has 0 aliphatic heterocycles. The van der Waals surface area contributed by atoms with Crippen LogP contribution in [0.25, 0.3) is 10.2 Å². The predicted octanol–water partition coefficient (Wildman–Crippen LogP) is 4.50. The number of anilines is 1. The fraction of sp³-hybridized carbons (Fsp3) is 0.176. The first-order valence-corrected chi connectivity index (χ1v) is 8.38. The second kappa shape index (κ2) is 7.07. The van der Waals surface area contributed by atoms with Crippen LogP contribution >= 0.6 is 22.9 Å². The van der Waals surface area contributed by atoms with Gasteiger partial charge in [0.15, 0.2) is 0 Å². The molecule has 1 heterocycles. The Morgan fingerprint density at radius 3 is 2.67 bits per heavy atom. The summed E-state index contributed by atoms with van der Waals surface area (Å²) in [6.07, 6.45) is 0. The normalized spacial score (nSPS) is 10.6. The Kier molecular flexibility index (Phi) is 4.87. The van der Waals surface area contributed by atoms with Crippen LogP contribution in [0.15, 0.2) is 36.4 Å². The molecule has 0 aliphatic rings. The van der Waals surface area contributed by atoms with Crippen LogP contribution in [-0.4, -0.2) is 18.0 Å². The fourth-order valence-corrected chi connectivity index (χ4v) is 3.42. The minimum absolute atomic E-state index is 0.106. The number of thiazole rings is 1. The van der Waals surface area contributed by atoms with Crippen molar-refractivity contribution in [2.45, 2.75) is 13.5 Å². The average Bonchev–Trinajstić information content (AvgIpc) is 2.98. The summed E-state index contributed by atoms with van der Waals surface area (Å²) in [5.41, 5.74) is 1.45. The lowest BCUT2D eigenvalue weighted by molar-refractivity contribution is -0.114. The van der Waals surface area contributed by atoms with Crippen molar-refractivity contribution in [3.8, 4) is 11.5 Å². The zero-order valence-electron chi connectivity index (χ0n) is 13.1. The summed E-state index contributed by atoms with van der Waals surface area (Å²) in [6.45, 7) is 1.81. The first-order chi connectivity index (χ1) is 11.6. The van der Waals surface area contributed by atoms with Crippen molar-refractivity contribution in [1.29, 1.82) is 0 Å². The van der Waals surface area contributed by atoms with Crippen LogP contribution in [-0.2, 0) is 11.4 Å². The lowest BCUT2D eigenvalue weighted by atomic mass is 10.3. The Bertz CT molecular complexity index is 877. The van der Waals surface area contributed by atoms with Crippen molar-refractivity contribution in [3.05, 3.63) is 46.4 Å². The Labute approximate surface area is 148 Å². The van der Waals surface area contributed by atoms with E-state index in [1.807, 2.05) is 12.1 Å². The smallest absolute Gasteiger partial charge is 0.221 e. The van der Waals surface area contributed by atoms with E-state index in [1.54, 1.807) is 31.4 Å². The molecule has 0 radical (unpaired) electrons. The number of fused-ring (bicyclic) bond motifs is 1. The first-order valence-electron chi connectivity index (χ1n) is 7.19. The van der Waals surface area contributed by atoms with Crippen molar-refractivity contribution in [3.63, 3.8) is 0 Å². The summed E-state index contributed by atoms with van der Waals surface area (Å²) in [7, 11) is 1.58. The Balaban J connectivity index is 1.71. The standard InChI is InChI=1S/C17H15ClN2O3S/c1-10(21)19-11-3-5-12(6-4-11)23-9-15-20-17-14(24-15)8-7-13(22-2)16(17)18/h3-8H,9H2,1-2H3,(H,19,21). The molecular formula is C17H15ClN2O3S. The minimum atomic E-state index is -0.106. The maximum absolute atomic E-state index is 11.0. The van der Waals surface area contributed by atoms with Crippen molar-refractivity contribution < 1.29 is 14.3 Å². The number of methoxy groups -OCH3 is 1. The maximum Gasteiger partial charge on any atom is 0.221 e. The molecule has 1 N–H and O–H groups in total. The van der Waals surface area contributed by atoms with Gasteiger partial charge in [0, 0.05) is 12.6 Å². The number of aromatic nitrogens is 1. The Morgan fingerprint density at radius 2 is 2.00 bits per heavy atom. The van der Waals surface area contributed by atoms with Gasteiger partial charge in [0.05, 0.1) is 11.8 Å². The monoisotopic (exact) mass is 362 g/mol. The molecule has 5 nitrogen and oxygen atoms in total. The summed E-state index contributed by atoms with van der Waals surface area (Å²) < 4.78 is 11.9. The molecule has 3 rings (SSSR count). The van der Waals surface area contributed by atoms with Crippen molar-refractivity contribution >= 4 is 44.7 Å². The van der Waals surface area contributed by atoms with E-state index in [-0.39, 0.29) is 5.91 Å². The second-order valence-electron chi connectivity index (χ2n) is 5.03. The molecule has 0 bridgehead atoms. The largest absolute Gasteiger partial charge is 0.495 e. The predicted molar refractivity (Wildman–Crippen MR) is 96.3 cm³/mol. The number of hydrogen-bond donors (Lipinski definition) is 1. The van der Waals surface area contributed by atoms with E-state index >= 15 is 0 Å². The molecule has 1 aromatic heterocycles. The number of carbonyl (C=O) groups excluding carboxylic acids is 1. The number of nitrogens with zero attached hydrogens (tertiary/aromatic N) is 1. The van der Waals surface area contributed by atoms with Gasteiger partial charge in [0.25, 0.3) is 0 Å². The van der Waals surface area contributed by atoms with Crippen LogP contribution in [0.5, 0.6) is 11.5 Å². The highest BCUT2D eigenvalue weighted by Crippen LogP contribution is 2.35. The van der Waals surface area contributed by atoms with Crippen LogP contribution < -0.4 is 14.8 Å². The molecular weight excluding hydrogens is 348 g/mol. The number of amides is 1. The van der Waals surface area contributed by atoms with Gasteiger partial charge in [-0.15, -0.1) is 11.3 Å². The zero-order valence-corrected chi connectivity index (χ0v) is 14.7. The summed E-state index contributed by atoms with van der Waals surface area (Å²) in [4.78, 5) is 15.5.